The van der Waals surface area contributed by atoms with Crippen molar-refractivity contribution in [3.8, 4) is 0 Å². The molecule has 0 amide bonds. The molecule has 0 spiro atoms. The smallest absolute Gasteiger partial charge is 1.00 e. The normalized spacial score (nSPS) is 13.9. The minimum atomic E-state index is 0. The first-order valence-corrected chi connectivity index (χ1v) is 6.90. The van der Waals surface area contributed by atoms with E-state index in [1.807, 2.05) is 24.3 Å². The molecule has 0 heterocycles. The Balaban J connectivity index is -0.0000000638. The van der Waals surface area contributed by atoms with Gasteiger partial charge in [0.25, 0.3) is 0 Å². The summed E-state index contributed by atoms with van der Waals surface area (Å²) in [5.74, 6) is 0. The molecule has 0 aliphatic heterocycles. The molecule has 2 aliphatic carbocycles. The van der Waals surface area contributed by atoms with Crippen molar-refractivity contribution in [1.29, 1.82) is 0 Å². The minimum Gasteiger partial charge on any atom is -1.00 e. The van der Waals surface area contributed by atoms with Crippen molar-refractivity contribution < 1.29 is 29.1 Å². The number of allylic oxidation sites excluding steroid dienone is 8. The Morgan fingerprint density at radius 3 is 1.43 bits per heavy atom. The monoisotopic (exact) mass is 281 g/mol. The summed E-state index contributed by atoms with van der Waals surface area (Å²) in [5, 5.41) is 0. The Morgan fingerprint density at radius 2 is 1.36 bits per heavy atom. The van der Waals surface area contributed by atoms with E-state index in [1.54, 1.807) is 0 Å². The van der Waals surface area contributed by atoms with Crippen LogP contribution in [0.4, 0.5) is 0 Å². The van der Waals surface area contributed by atoms with Gasteiger partial charge in [-0.25, -0.2) is 24.3 Å². The van der Waals surface area contributed by atoms with Crippen molar-refractivity contribution in [2.45, 2.75) is 25.9 Å². The molecule has 0 unspecified atom stereocenters. The van der Waals surface area contributed by atoms with E-state index in [2.05, 4.69) is 37.4 Å². The first kappa shape index (κ1) is 16.5. The molecule has 2 rings (SSSR count). The van der Waals surface area contributed by atoms with Gasteiger partial charge in [-0.2, -0.15) is 12.2 Å². The van der Waals surface area contributed by atoms with Crippen LogP contribution in [0.2, 0.25) is 13.1 Å². The Morgan fingerprint density at radius 1 is 1.00 bits per heavy atom. The van der Waals surface area contributed by atoms with Crippen molar-refractivity contribution >= 4 is 9.52 Å². The maximum absolute atomic E-state index is 2.99. The second-order valence-electron chi connectivity index (χ2n) is 2.58. The van der Waals surface area contributed by atoms with Gasteiger partial charge in [0.05, 0.1) is 0 Å². The standard InChI is InChI=1S/2C5H5.C2H7Si.Zr.2H/c2*1-2-4-5-3-1;1-3-2;;;/h2*1-3H,4H2;3H,1-2H3;;;/q2*-1;;+2;2*-1. The topological polar surface area (TPSA) is 0 Å². The van der Waals surface area contributed by atoms with Gasteiger partial charge in [0.2, 0.25) is 0 Å². The van der Waals surface area contributed by atoms with Gasteiger partial charge in [0.1, 0.15) is 0 Å². The van der Waals surface area contributed by atoms with Crippen LogP contribution in [-0.2, 0) is 26.2 Å². The number of rotatable bonds is 0. The Hall–Kier alpha value is 0.0600. The zero-order chi connectivity index (χ0) is 9.78. The van der Waals surface area contributed by atoms with Crippen LogP contribution in [0.1, 0.15) is 15.7 Å². The largest absolute Gasteiger partial charge is 2.00 e. The van der Waals surface area contributed by atoms with Crippen LogP contribution in [0.5, 0.6) is 0 Å². The van der Waals surface area contributed by atoms with Gasteiger partial charge in [-0.05, 0) is 0 Å². The average Bonchev–Trinajstić information content (AvgIpc) is 2.85. The SMILES string of the molecule is C[SiH]C.[C-]1=CC=CC1.[C-]1=CC=CC1.[H-].[H-].[Zr+2]. The van der Waals surface area contributed by atoms with E-state index in [0.717, 1.165) is 22.4 Å². The van der Waals surface area contributed by atoms with E-state index < -0.39 is 0 Å². The average molecular weight is 283 g/mol. The molecule has 14 heavy (non-hydrogen) atoms. The van der Waals surface area contributed by atoms with Crippen LogP contribution in [0.15, 0.2) is 36.5 Å². The summed E-state index contributed by atoms with van der Waals surface area (Å²) in [7, 11) is 0.750. The molecule has 0 aromatic carbocycles. The molecule has 1 radical (unpaired) electrons. The van der Waals surface area contributed by atoms with E-state index in [1.165, 1.54) is 0 Å². The van der Waals surface area contributed by atoms with Crippen molar-refractivity contribution in [2.24, 2.45) is 0 Å². The molecular formula is C12H19SiZr-2. The predicted octanol–water partition coefficient (Wildman–Crippen LogP) is 3.35. The molecule has 0 saturated heterocycles. The molecule has 0 aromatic rings. The van der Waals surface area contributed by atoms with Crippen LogP contribution in [0.25, 0.3) is 0 Å². The summed E-state index contributed by atoms with van der Waals surface area (Å²) in [6.07, 6.45) is 20.0. The molecule has 0 fully saturated rings. The van der Waals surface area contributed by atoms with E-state index in [9.17, 15) is 0 Å². The van der Waals surface area contributed by atoms with Crippen LogP contribution in [0.3, 0.4) is 0 Å². The summed E-state index contributed by atoms with van der Waals surface area (Å²) in [6, 6.07) is 0. The maximum atomic E-state index is 2.99. The van der Waals surface area contributed by atoms with Crippen molar-refractivity contribution in [1.82, 2.24) is 0 Å². The second-order valence-corrected chi connectivity index (χ2v) is 3.74. The van der Waals surface area contributed by atoms with Crippen LogP contribution in [0, 0.1) is 12.2 Å². The second kappa shape index (κ2) is 15.5. The quantitative estimate of drug-likeness (QED) is 0.472. The van der Waals surface area contributed by atoms with Gasteiger partial charge < -0.3 is 2.85 Å². The van der Waals surface area contributed by atoms with Crippen molar-refractivity contribution in [2.75, 3.05) is 0 Å². The minimum absolute atomic E-state index is 0. The van der Waals surface area contributed by atoms with E-state index in [-0.39, 0.29) is 29.1 Å². The summed E-state index contributed by atoms with van der Waals surface area (Å²) in [6.45, 7) is 4.42. The first-order valence-electron chi connectivity index (χ1n) is 4.59. The van der Waals surface area contributed by atoms with E-state index >= 15 is 0 Å². The molecule has 0 atom stereocenters. The van der Waals surface area contributed by atoms with Gasteiger partial charge >= 0.3 is 26.2 Å². The van der Waals surface area contributed by atoms with Gasteiger partial charge in [-0.15, -0.1) is 12.8 Å². The third kappa shape index (κ3) is 14.6. The fourth-order valence-corrected chi connectivity index (χ4v) is 0.680. The zero-order valence-electron chi connectivity index (χ0n) is 11.0. The van der Waals surface area contributed by atoms with Gasteiger partial charge in [-0.1, -0.05) is 13.1 Å². The molecule has 2 heteroatoms. The van der Waals surface area contributed by atoms with E-state index in [0.29, 0.717) is 0 Å². The predicted molar refractivity (Wildman–Crippen MR) is 64.2 cm³/mol. The maximum Gasteiger partial charge on any atom is 2.00 e. The summed E-state index contributed by atoms with van der Waals surface area (Å²) < 4.78 is 0. The van der Waals surface area contributed by atoms with Gasteiger partial charge in [0.15, 0.2) is 0 Å². The Labute approximate surface area is 113 Å². The number of hydrogen-bond donors (Lipinski definition) is 0. The molecular weight excluding hydrogens is 263 g/mol. The third-order valence-electron chi connectivity index (χ3n) is 1.17. The van der Waals surface area contributed by atoms with Crippen molar-refractivity contribution in [3.05, 3.63) is 48.6 Å². The van der Waals surface area contributed by atoms with E-state index in [4.69, 9.17) is 0 Å². The third-order valence-corrected chi connectivity index (χ3v) is 1.17. The molecule has 2 aliphatic rings. The number of hydrogen-bond acceptors (Lipinski definition) is 0. The first-order chi connectivity index (χ1) is 6.41. The van der Waals surface area contributed by atoms with Gasteiger partial charge in [0, 0.05) is 9.52 Å². The Bertz CT molecular complexity index is 169. The molecule has 0 bridgehead atoms. The fourth-order valence-electron chi connectivity index (χ4n) is 0.680. The molecule has 77 valence electrons. The molecule has 0 nitrogen and oxygen atoms in total. The molecule has 0 saturated carbocycles. The Kier molecular flexibility index (Phi) is 18.3. The fraction of sp³-hybridized carbons (Fsp3) is 0.333. The molecule has 0 N–H and O–H groups in total. The van der Waals surface area contributed by atoms with Crippen LogP contribution < -0.4 is 0 Å². The van der Waals surface area contributed by atoms with Crippen LogP contribution in [-0.4, -0.2) is 9.52 Å². The summed E-state index contributed by atoms with van der Waals surface area (Å²) in [5.41, 5.74) is 0. The zero-order valence-corrected chi connectivity index (χ0v) is 12.6. The molecule has 0 aromatic heterocycles. The van der Waals surface area contributed by atoms with Gasteiger partial charge in [-0.3, -0.25) is 12.2 Å². The van der Waals surface area contributed by atoms with Crippen molar-refractivity contribution in [3.63, 3.8) is 0 Å². The van der Waals surface area contributed by atoms with Crippen LogP contribution >= 0.6 is 0 Å². The summed E-state index contributed by atoms with van der Waals surface area (Å²) >= 11 is 0. The summed E-state index contributed by atoms with van der Waals surface area (Å²) in [4.78, 5) is 0.